The molecular formula is C14H17NO3. The van der Waals surface area contributed by atoms with E-state index in [2.05, 4.69) is 6.92 Å². The number of aromatic hydroxyl groups is 1. The zero-order chi connectivity index (χ0) is 12.9. The summed E-state index contributed by atoms with van der Waals surface area (Å²) in [5, 5.41) is 9.49. The van der Waals surface area contributed by atoms with E-state index in [9.17, 15) is 9.90 Å². The molecule has 4 nitrogen and oxygen atoms in total. The molecule has 2 heterocycles. The van der Waals surface area contributed by atoms with Crippen molar-refractivity contribution in [2.45, 2.75) is 31.7 Å². The summed E-state index contributed by atoms with van der Waals surface area (Å²) in [4.78, 5) is 13.6. The molecule has 1 N–H and O–H groups in total. The van der Waals surface area contributed by atoms with Crippen LogP contribution in [0.15, 0.2) is 18.2 Å². The van der Waals surface area contributed by atoms with Crippen LogP contribution >= 0.6 is 0 Å². The monoisotopic (exact) mass is 247 g/mol. The second-order valence-corrected chi connectivity index (χ2v) is 5.38. The molecule has 3 rings (SSSR count). The van der Waals surface area contributed by atoms with Crippen LogP contribution in [0.5, 0.6) is 11.5 Å². The molecule has 18 heavy (non-hydrogen) atoms. The summed E-state index contributed by atoms with van der Waals surface area (Å²) in [6.45, 7) is 4.97. The highest BCUT2D eigenvalue weighted by atomic mass is 16.5. The first-order valence-corrected chi connectivity index (χ1v) is 6.26. The number of likely N-dealkylation sites (tertiary alicyclic amines) is 1. The third-order valence-electron chi connectivity index (χ3n) is 4.28. The molecule has 0 radical (unpaired) electrons. The van der Waals surface area contributed by atoms with Gasteiger partial charge in [-0.3, -0.25) is 4.79 Å². The highest BCUT2D eigenvalue weighted by Gasteiger charge is 2.50. The molecule has 2 aliphatic rings. The zero-order valence-electron chi connectivity index (χ0n) is 10.6. The first-order valence-electron chi connectivity index (χ1n) is 6.26. The summed E-state index contributed by atoms with van der Waals surface area (Å²) >= 11 is 0. The van der Waals surface area contributed by atoms with Crippen molar-refractivity contribution in [3.05, 3.63) is 23.8 Å². The zero-order valence-corrected chi connectivity index (χ0v) is 10.6. The van der Waals surface area contributed by atoms with Gasteiger partial charge in [0.2, 0.25) is 5.91 Å². The van der Waals surface area contributed by atoms with E-state index >= 15 is 0 Å². The molecule has 1 aromatic rings. The molecule has 0 saturated carbocycles. The van der Waals surface area contributed by atoms with Crippen molar-refractivity contribution in [1.29, 1.82) is 0 Å². The molecule has 1 aromatic carbocycles. The van der Waals surface area contributed by atoms with Crippen molar-refractivity contribution in [2.24, 2.45) is 0 Å². The number of rotatable bonds is 0. The molecule has 0 aromatic heterocycles. The van der Waals surface area contributed by atoms with E-state index in [1.807, 2.05) is 11.0 Å². The largest absolute Gasteiger partial charge is 0.508 e. The molecule has 0 aliphatic carbocycles. The van der Waals surface area contributed by atoms with Crippen molar-refractivity contribution < 1.29 is 14.6 Å². The Morgan fingerprint density at radius 1 is 1.56 bits per heavy atom. The molecule has 0 bridgehead atoms. The maximum absolute atomic E-state index is 11.7. The lowest BCUT2D eigenvalue weighted by Gasteiger charge is -2.42. The smallest absolute Gasteiger partial charge is 0.220 e. The second-order valence-electron chi connectivity index (χ2n) is 5.38. The summed E-state index contributed by atoms with van der Waals surface area (Å²) in [5.74, 6) is 1.37. The maximum Gasteiger partial charge on any atom is 0.220 e. The molecule has 4 heteroatoms. The lowest BCUT2D eigenvalue weighted by molar-refractivity contribution is -0.134. The molecule has 2 atom stereocenters. The van der Waals surface area contributed by atoms with Crippen LogP contribution in [0.1, 0.15) is 31.7 Å². The minimum absolute atomic E-state index is 0.103. The van der Waals surface area contributed by atoms with Gasteiger partial charge in [0, 0.05) is 31.0 Å². The van der Waals surface area contributed by atoms with Crippen LogP contribution in [0.25, 0.3) is 0 Å². The van der Waals surface area contributed by atoms with Crippen LogP contribution in [0.4, 0.5) is 0 Å². The first kappa shape index (κ1) is 11.4. The lowest BCUT2D eigenvalue weighted by Crippen LogP contribution is -2.52. The predicted molar refractivity (Wildman–Crippen MR) is 66.8 cm³/mol. The van der Waals surface area contributed by atoms with E-state index in [4.69, 9.17) is 4.74 Å². The van der Waals surface area contributed by atoms with Crippen LogP contribution in [-0.2, 0) is 4.79 Å². The number of carbonyl (C=O) groups is 1. The summed E-state index contributed by atoms with van der Waals surface area (Å²) in [6, 6.07) is 5.26. The molecule has 96 valence electrons. The van der Waals surface area contributed by atoms with E-state index in [-0.39, 0.29) is 17.2 Å². The van der Waals surface area contributed by atoms with Crippen molar-refractivity contribution >= 4 is 5.91 Å². The standard InChI is InChI=1S/C14H17NO3/c1-9(16)15-6-5-12-11-4-3-10(17)7-13(11)18-8-14(12,15)2/h3-4,7,12,17H,5-6,8H2,1-2H3/t12-,14+/m0/s1. The van der Waals surface area contributed by atoms with Crippen molar-refractivity contribution in [3.63, 3.8) is 0 Å². The van der Waals surface area contributed by atoms with Gasteiger partial charge in [0.25, 0.3) is 0 Å². The van der Waals surface area contributed by atoms with Gasteiger partial charge in [0.1, 0.15) is 18.1 Å². The summed E-state index contributed by atoms with van der Waals surface area (Å²) in [6.07, 6.45) is 0.956. The molecule has 1 amide bonds. The van der Waals surface area contributed by atoms with Gasteiger partial charge in [-0.05, 0) is 19.4 Å². The van der Waals surface area contributed by atoms with Crippen LogP contribution in [0.3, 0.4) is 0 Å². The van der Waals surface area contributed by atoms with Gasteiger partial charge < -0.3 is 14.7 Å². The Morgan fingerprint density at radius 3 is 3.06 bits per heavy atom. The number of carbonyl (C=O) groups excluding carboxylic acids is 1. The Balaban J connectivity index is 2.04. The van der Waals surface area contributed by atoms with Crippen LogP contribution < -0.4 is 4.74 Å². The maximum atomic E-state index is 11.7. The Kier molecular flexibility index (Phi) is 2.30. The number of ether oxygens (including phenoxy) is 1. The van der Waals surface area contributed by atoms with Gasteiger partial charge in [0.05, 0.1) is 5.54 Å². The van der Waals surface area contributed by atoms with Crippen molar-refractivity contribution in [2.75, 3.05) is 13.2 Å². The predicted octanol–water partition coefficient (Wildman–Crippen LogP) is 1.88. The topological polar surface area (TPSA) is 49.8 Å². The number of hydrogen-bond donors (Lipinski definition) is 1. The Morgan fingerprint density at radius 2 is 2.33 bits per heavy atom. The highest BCUT2D eigenvalue weighted by Crippen LogP contribution is 2.49. The van der Waals surface area contributed by atoms with E-state index in [1.165, 1.54) is 0 Å². The minimum Gasteiger partial charge on any atom is -0.508 e. The Hall–Kier alpha value is -1.71. The number of nitrogens with zero attached hydrogens (tertiary/aromatic N) is 1. The normalized spacial score (nSPS) is 29.4. The summed E-state index contributed by atoms with van der Waals surface area (Å²) in [7, 11) is 0. The molecule has 0 spiro atoms. The average molecular weight is 247 g/mol. The molecule has 0 unspecified atom stereocenters. The van der Waals surface area contributed by atoms with Crippen molar-refractivity contribution in [3.8, 4) is 11.5 Å². The van der Waals surface area contributed by atoms with Gasteiger partial charge in [0.15, 0.2) is 0 Å². The Labute approximate surface area is 106 Å². The van der Waals surface area contributed by atoms with E-state index in [0.29, 0.717) is 12.5 Å². The fourth-order valence-corrected chi connectivity index (χ4v) is 3.36. The highest BCUT2D eigenvalue weighted by molar-refractivity contribution is 5.75. The SMILES string of the molecule is CC(=O)N1CC[C@H]2c3ccc(O)cc3OC[C@]21C. The van der Waals surface area contributed by atoms with Gasteiger partial charge in [-0.2, -0.15) is 0 Å². The van der Waals surface area contributed by atoms with Gasteiger partial charge >= 0.3 is 0 Å². The summed E-state index contributed by atoms with van der Waals surface area (Å²) < 4.78 is 5.75. The first-order chi connectivity index (χ1) is 8.52. The third-order valence-corrected chi connectivity index (χ3v) is 4.28. The quantitative estimate of drug-likeness (QED) is 0.761. The molecule has 2 aliphatic heterocycles. The van der Waals surface area contributed by atoms with E-state index < -0.39 is 0 Å². The second kappa shape index (κ2) is 3.64. The van der Waals surface area contributed by atoms with Gasteiger partial charge in [-0.1, -0.05) is 6.07 Å². The van der Waals surface area contributed by atoms with Gasteiger partial charge in [-0.25, -0.2) is 0 Å². The van der Waals surface area contributed by atoms with Crippen LogP contribution in [-0.4, -0.2) is 34.6 Å². The number of benzene rings is 1. The number of hydrogen-bond acceptors (Lipinski definition) is 3. The molecular weight excluding hydrogens is 230 g/mol. The molecule has 1 saturated heterocycles. The molecule has 1 fully saturated rings. The van der Waals surface area contributed by atoms with Crippen molar-refractivity contribution in [1.82, 2.24) is 4.90 Å². The lowest BCUT2D eigenvalue weighted by atomic mass is 9.79. The number of fused-ring (bicyclic) bond motifs is 3. The van der Waals surface area contributed by atoms with E-state index in [1.54, 1.807) is 19.1 Å². The minimum atomic E-state index is -0.254. The number of phenolic OH excluding ortho intramolecular Hbond substituents is 1. The van der Waals surface area contributed by atoms with Gasteiger partial charge in [-0.15, -0.1) is 0 Å². The van der Waals surface area contributed by atoms with Crippen LogP contribution in [0.2, 0.25) is 0 Å². The summed E-state index contributed by atoms with van der Waals surface area (Å²) in [5.41, 5.74) is 0.848. The average Bonchev–Trinajstić information content (AvgIpc) is 2.66. The van der Waals surface area contributed by atoms with Crippen LogP contribution in [0, 0.1) is 0 Å². The number of phenols is 1. The Bertz CT molecular complexity index is 514. The number of amides is 1. The fraction of sp³-hybridized carbons (Fsp3) is 0.500. The fourth-order valence-electron chi connectivity index (χ4n) is 3.36. The third kappa shape index (κ3) is 1.41. The van der Waals surface area contributed by atoms with E-state index in [0.717, 1.165) is 24.3 Å².